The van der Waals surface area contributed by atoms with Crippen molar-refractivity contribution < 1.29 is 14.6 Å². The maximum atomic E-state index is 9.84. The first kappa shape index (κ1) is 26.0. The number of fused-ring (bicyclic) bond motifs is 1. The molecule has 0 saturated heterocycles. The summed E-state index contributed by atoms with van der Waals surface area (Å²) in [5, 5.41) is 24.3. The summed E-state index contributed by atoms with van der Waals surface area (Å²) >= 11 is 0. The molecule has 5 aromatic rings. The molecule has 2 aromatic carbocycles. The van der Waals surface area contributed by atoms with E-state index >= 15 is 0 Å². The second kappa shape index (κ2) is 11.8. The minimum absolute atomic E-state index is 0. The summed E-state index contributed by atoms with van der Waals surface area (Å²) < 4.78 is 11.7. The van der Waals surface area contributed by atoms with Crippen molar-refractivity contribution in [2.75, 3.05) is 0 Å². The number of rotatable bonds is 9. The van der Waals surface area contributed by atoms with Gasteiger partial charge in [-0.25, -0.2) is 4.98 Å². The standard InChI is InChI=1S/C27H26N6O3.ClH/c1-3-19-15-23(26-22(28-19)13-14-24(29-26)36-25(34)4-2)35-16-17-9-11-18(12-10-17)20-7-5-6-8-21(20)27-30-32-33-31-27;/h5-15,25,34H,3-4,16H2,1-2H3,(H,30,31,32,33);1H. The number of pyridine rings is 2. The molecular formula is C27H27ClN6O3. The Balaban J connectivity index is 0.00000320. The first-order valence-corrected chi connectivity index (χ1v) is 11.8. The van der Waals surface area contributed by atoms with Crippen LogP contribution in [0.1, 0.15) is 31.5 Å². The summed E-state index contributed by atoms with van der Waals surface area (Å²) in [6.45, 7) is 4.25. The van der Waals surface area contributed by atoms with Crippen molar-refractivity contribution in [2.24, 2.45) is 0 Å². The van der Waals surface area contributed by atoms with Crippen LogP contribution >= 0.6 is 12.4 Å². The molecule has 3 heterocycles. The van der Waals surface area contributed by atoms with Gasteiger partial charge in [0.1, 0.15) is 17.9 Å². The van der Waals surface area contributed by atoms with Crippen molar-refractivity contribution in [1.29, 1.82) is 0 Å². The number of aliphatic hydroxyl groups is 1. The number of hydrogen-bond acceptors (Lipinski definition) is 8. The highest BCUT2D eigenvalue weighted by atomic mass is 35.5. The van der Waals surface area contributed by atoms with Gasteiger partial charge < -0.3 is 14.6 Å². The van der Waals surface area contributed by atoms with Gasteiger partial charge in [-0.05, 0) is 34.4 Å². The molecular weight excluding hydrogens is 492 g/mol. The molecule has 0 saturated carbocycles. The smallest absolute Gasteiger partial charge is 0.216 e. The van der Waals surface area contributed by atoms with Gasteiger partial charge in [-0.1, -0.05) is 62.4 Å². The van der Waals surface area contributed by atoms with Crippen molar-refractivity contribution in [3.8, 4) is 34.1 Å². The molecule has 0 aliphatic rings. The predicted octanol–water partition coefficient (Wildman–Crippen LogP) is 5.15. The normalized spacial score (nSPS) is 11.6. The summed E-state index contributed by atoms with van der Waals surface area (Å²) in [6, 6.07) is 21.6. The van der Waals surface area contributed by atoms with E-state index in [2.05, 4.69) is 42.7 Å². The number of halogens is 1. The molecule has 0 amide bonds. The van der Waals surface area contributed by atoms with Crippen LogP contribution in [0.3, 0.4) is 0 Å². The molecule has 3 aromatic heterocycles. The number of nitrogens with zero attached hydrogens (tertiary/aromatic N) is 5. The van der Waals surface area contributed by atoms with Crippen LogP contribution in [0.15, 0.2) is 66.7 Å². The number of nitrogens with one attached hydrogen (secondary N) is 1. The molecule has 0 spiro atoms. The van der Waals surface area contributed by atoms with Crippen molar-refractivity contribution in [3.05, 3.63) is 78.0 Å². The van der Waals surface area contributed by atoms with Crippen molar-refractivity contribution >= 4 is 23.4 Å². The molecule has 0 bridgehead atoms. The molecule has 37 heavy (non-hydrogen) atoms. The number of H-pyrrole nitrogens is 1. The third kappa shape index (κ3) is 5.84. The summed E-state index contributed by atoms with van der Waals surface area (Å²) in [6.07, 6.45) is 0.324. The highest BCUT2D eigenvalue weighted by Crippen LogP contribution is 2.31. The van der Waals surface area contributed by atoms with Crippen LogP contribution in [0.4, 0.5) is 0 Å². The summed E-state index contributed by atoms with van der Waals surface area (Å²) in [5.74, 6) is 1.51. The van der Waals surface area contributed by atoms with Gasteiger partial charge in [0.2, 0.25) is 11.7 Å². The van der Waals surface area contributed by atoms with Crippen LogP contribution < -0.4 is 9.47 Å². The van der Waals surface area contributed by atoms with Gasteiger partial charge in [-0.3, -0.25) is 4.98 Å². The number of aromatic amines is 1. The van der Waals surface area contributed by atoms with Crippen molar-refractivity contribution in [3.63, 3.8) is 0 Å². The van der Waals surface area contributed by atoms with E-state index in [1.54, 1.807) is 6.07 Å². The van der Waals surface area contributed by atoms with E-state index in [4.69, 9.17) is 9.47 Å². The second-order valence-corrected chi connectivity index (χ2v) is 8.23. The Bertz CT molecular complexity index is 1460. The monoisotopic (exact) mass is 518 g/mol. The Morgan fingerprint density at radius 3 is 2.43 bits per heavy atom. The first-order valence-electron chi connectivity index (χ1n) is 11.8. The van der Waals surface area contributed by atoms with Gasteiger partial charge >= 0.3 is 0 Å². The topological polar surface area (TPSA) is 119 Å². The Morgan fingerprint density at radius 2 is 1.73 bits per heavy atom. The zero-order valence-electron chi connectivity index (χ0n) is 20.5. The number of tetrazole rings is 1. The SMILES string of the molecule is CCc1cc(OCc2ccc(-c3ccccc3-c3nn[nH]n3)cc2)c2nc(OC(O)CC)ccc2n1.Cl. The zero-order valence-corrected chi connectivity index (χ0v) is 21.3. The number of aromatic nitrogens is 6. The zero-order chi connectivity index (χ0) is 24.9. The Hall–Kier alpha value is -4.08. The van der Waals surface area contributed by atoms with Gasteiger partial charge in [0.15, 0.2) is 6.29 Å². The molecule has 0 fully saturated rings. The van der Waals surface area contributed by atoms with Crippen LogP contribution in [0, 0.1) is 0 Å². The molecule has 190 valence electrons. The molecule has 9 nitrogen and oxygen atoms in total. The van der Waals surface area contributed by atoms with Gasteiger partial charge in [0.25, 0.3) is 0 Å². The average Bonchev–Trinajstić information content (AvgIpc) is 3.47. The highest BCUT2D eigenvalue weighted by Gasteiger charge is 2.13. The molecule has 0 aliphatic carbocycles. The summed E-state index contributed by atoms with van der Waals surface area (Å²) in [4.78, 5) is 9.20. The van der Waals surface area contributed by atoms with Gasteiger partial charge in [-0.15, -0.1) is 22.6 Å². The molecule has 1 atom stereocenters. The lowest BCUT2D eigenvalue weighted by molar-refractivity contribution is -0.0220. The van der Waals surface area contributed by atoms with Gasteiger partial charge in [0.05, 0.1) is 5.52 Å². The predicted molar refractivity (Wildman–Crippen MR) is 142 cm³/mol. The van der Waals surface area contributed by atoms with Crippen LogP contribution in [0.5, 0.6) is 11.6 Å². The second-order valence-electron chi connectivity index (χ2n) is 8.23. The lowest BCUT2D eigenvalue weighted by Crippen LogP contribution is -2.14. The Kier molecular flexibility index (Phi) is 8.27. The van der Waals surface area contributed by atoms with E-state index in [9.17, 15) is 5.11 Å². The van der Waals surface area contributed by atoms with E-state index in [1.807, 2.05) is 62.4 Å². The molecule has 1 unspecified atom stereocenters. The van der Waals surface area contributed by atoms with E-state index in [0.717, 1.165) is 39.9 Å². The number of aryl methyl sites for hydroxylation is 1. The minimum atomic E-state index is -0.911. The summed E-state index contributed by atoms with van der Waals surface area (Å²) in [7, 11) is 0. The maximum absolute atomic E-state index is 9.84. The lowest BCUT2D eigenvalue weighted by Gasteiger charge is -2.14. The fourth-order valence-corrected chi connectivity index (χ4v) is 3.84. The van der Waals surface area contributed by atoms with Crippen LogP contribution in [0.25, 0.3) is 33.5 Å². The average molecular weight is 519 g/mol. The number of ether oxygens (including phenoxy) is 2. The van der Waals surface area contributed by atoms with Gasteiger partial charge in [0, 0.05) is 29.8 Å². The molecule has 5 rings (SSSR count). The number of hydrogen-bond donors (Lipinski definition) is 2. The molecule has 10 heteroatoms. The number of aliphatic hydroxyl groups excluding tert-OH is 1. The quantitative estimate of drug-likeness (QED) is 0.257. The lowest BCUT2D eigenvalue weighted by atomic mass is 9.98. The van der Waals surface area contributed by atoms with Crippen molar-refractivity contribution in [1.82, 2.24) is 30.6 Å². The first-order chi connectivity index (χ1) is 17.6. The van der Waals surface area contributed by atoms with E-state index in [0.29, 0.717) is 36.0 Å². The fourth-order valence-electron chi connectivity index (χ4n) is 3.84. The Labute approximate surface area is 220 Å². The van der Waals surface area contributed by atoms with Crippen LogP contribution in [-0.4, -0.2) is 42.0 Å². The third-order valence-corrected chi connectivity index (χ3v) is 5.78. The van der Waals surface area contributed by atoms with Crippen LogP contribution in [0.2, 0.25) is 0 Å². The summed E-state index contributed by atoms with van der Waals surface area (Å²) in [5.41, 5.74) is 6.20. The largest absolute Gasteiger partial charge is 0.486 e. The molecule has 0 aliphatic heterocycles. The highest BCUT2D eigenvalue weighted by molar-refractivity contribution is 5.85. The fraction of sp³-hybridized carbons (Fsp3) is 0.222. The van der Waals surface area contributed by atoms with Crippen LogP contribution in [-0.2, 0) is 13.0 Å². The molecule has 2 N–H and O–H groups in total. The van der Waals surface area contributed by atoms with E-state index in [-0.39, 0.29) is 12.4 Å². The maximum Gasteiger partial charge on any atom is 0.216 e. The van der Waals surface area contributed by atoms with Gasteiger partial charge in [-0.2, -0.15) is 5.21 Å². The Morgan fingerprint density at radius 1 is 0.946 bits per heavy atom. The third-order valence-electron chi connectivity index (χ3n) is 5.78. The van der Waals surface area contributed by atoms with E-state index < -0.39 is 6.29 Å². The van der Waals surface area contributed by atoms with E-state index in [1.165, 1.54) is 0 Å². The number of benzene rings is 2. The van der Waals surface area contributed by atoms with Crippen molar-refractivity contribution in [2.45, 2.75) is 39.6 Å². The molecule has 0 radical (unpaired) electrons. The minimum Gasteiger partial charge on any atom is -0.486 e.